The van der Waals surface area contributed by atoms with Crippen molar-refractivity contribution in [2.24, 2.45) is 0 Å². The van der Waals surface area contributed by atoms with Crippen LogP contribution >= 0.6 is 0 Å². The number of unbranched alkanes of at least 4 members (excludes halogenated alkanes) is 2. The average Bonchev–Trinajstić information content (AvgIpc) is 3.06. The number of nitrogens with zero attached hydrogens (tertiary/aromatic N) is 4. The number of ether oxygens (including phenoxy) is 1. The largest absolute Gasteiger partial charge is 0.460 e. The molecule has 0 aliphatic heterocycles. The first kappa shape index (κ1) is 20.6. The third-order valence-corrected chi connectivity index (χ3v) is 3.99. The number of anilines is 1. The quantitative estimate of drug-likeness (QED) is 0.207. The molecule has 0 aliphatic rings. The Morgan fingerprint density at radius 3 is 2.67 bits per heavy atom. The van der Waals surface area contributed by atoms with Gasteiger partial charge in [0.05, 0.1) is 31.8 Å². The van der Waals surface area contributed by atoms with E-state index in [0.29, 0.717) is 30.8 Å². The van der Waals surface area contributed by atoms with Gasteiger partial charge in [-0.1, -0.05) is 6.42 Å². The first-order valence-corrected chi connectivity index (χ1v) is 8.87. The minimum absolute atomic E-state index is 0.127. The number of nitro benzene ring substituents is 1. The van der Waals surface area contributed by atoms with Gasteiger partial charge in [0.25, 0.3) is 0 Å². The van der Waals surface area contributed by atoms with Crippen LogP contribution in [0.15, 0.2) is 16.8 Å². The first-order chi connectivity index (χ1) is 12.8. The Morgan fingerprint density at radius 2 is 1.96 bits per heavy atom. The van der Waals surface area contributed by atoms with Gasteiger partial charge in [0, 0.05) is 19.0 Å². The summed E-state index contributed by atoms with van der Waals surface area (Å²) in [7, 11) is 6.15. The third-order valence-electron chi connectivity index (χ3n) is 3.99. The zero-order valence-electron chi connectivity index (χ0n) is 15.9. The van der Waals surface area contributed by atoms with Crippen LogP contribution in [0.4, 0.5) is 11.4 Å². The Balaban J connectivity index is 1.67. The molecule has 0 saturated heterocycles. The summed E-state index contributed by atoms with van der Waals surface area (Å²) in [5.41, 5.74) is 0.962. The van der Waals surface area contributed by atoms with E-state index in [1.54, 1.807) is 6.07 Å². The van der Waals surface area contributed by atoms with Crippen LogP contribution in [0.25, 0.3) is 11.0 Å². The van der Waals surface area contributed by atoms with Crippen LogP contribution in [-0.4, -0.2) is 66.5 Å². The van der Waals surface area contributed by atoms with E-state index < -0.39 is 4.92 Å². The molecule has 0 radical (unpaired) electrons. The second-order valence-electron chi connectivity index (χ2n) is 7.32. The maximum atomic E-state index is 11.7. The zero-order valence-corrected chi connectivity index (χ0v) is 15.9. The molecule has 10 heteroatoms. The number of hydrogen-bond donors (Lipinski definition) is 1. The number of nitrogens with one attached hydrogen (secondary N) is 1. The van der Waals surface area contributed by atoms with E-state index in [0.717, 1.165) is 30.3 Å². The lowest BCUT2D eigenvalue weighted by molar-refractivity contribution is -0.870. The number of carbonyl (C=O) groups excluding carboxylic acids is 1. The van der Waals surface area contributed by atoms with Gasteiger partial charge in [0.1, 0.15) is 13.2 Å². The summed E-state index contributed by atoms with van der Waals surface area (Å²) in [4.78, 5) is 22.1. The summed E-state index contributed by atoms with van der Waals surface area (Å²) in [5, 5.41) is 21.5. The van der Waals surface area contributed by atoms with E-state index in [-0.39, 0.29) is 17.2 Å². The van der Waals surface area contributed by atoms with Crippen LogP contribution in [0.1, 0.15) is 25.7 Å². The molecule has 2 aromatic rings. The highest BCUT2D eigenvalue weighted by molar-refractivity contribution is 5.93. The summed E-state index contributed by atoms with van der Waals surface area (Å²) in [5.74, 6) is -0.165. The Morgan fingerprint density at radius 1 is 1.22 bits per heavy atom. The van der Waals surface area contributed by atoms with Crippen molar-refractivity contribution in [1.82, 2.24) is 10.3 Å². The number of nitro groups is 1. The van der Waals surface area contributed by atoms with Crippen LogP contribution in [-0.2, 0) is 9.53 Å². The van der Waals surface area contributed by atoms with Crippen LogP contribution in [0.5, 0.6) is 0 Å². The fourth-order valence-electron chi connectivity index (χ4n) is 2.44. The lowest BCUT2D eigenvalue weighted by Gasteiger charge is -2.23. The second-order valence-corrected chi connectivity index (χ2v) is 7.32. The van der Waals surface area contributed by atoms with Gasteiger partial charge >= 0.3 is 11.7 Å². The molecule has 1 aromatic heterocycles. The molecule has 0 amide bonds. The molecule has 2 rings (SSSR count). The third kappa shape index (κ3) is 6.48. The second kappa shape index (κ2) is 9.26. The lowest BCUT2D eigenvalue weighted by atomic mass is 10.2. The maximum Gasteiger partial charge on any atom is 0.305 e. The molecule has 1 N–H and O–H groups in total. The predicted octanol–water partition coefficient (Wildman–Crippen LogP) is 2.35. The summed E-state index contributed by atoms with van der Waals surface area (Å²) >= 11 is 0. The predicted molar refractivity (Wildman–Crippen MR) is 99.3 cm³/mol. The molecule has 0 saturated carbocycles. The Hall–Kier alpha value is -2.75. The number of hydrogen-bond acceptors (Lipinski definition) is 8. The number of aromatic nitrogens is 2. The van der Waals surface area contributed by atoms with Crippen molar-refractivity contribution >= 4 is 28.4 Å². The molecule has 10 nitrogen and oxygen atoms in total. The molecule has 0 unspecified atom stereocenters. The molecule has 0 atom stereocenters. The molecule has 148 valence electrons. The molecule has 27 heavy (non-hydrogen) atoms. The van der Waals surface area contributed by atoms with Crippen LogP contribution in [0.3, 0.4) is 0 Å². The molecule has 1 aromatic carbocycles. The van der Waals surface area contributed by atoms with E-state index >= 15 is 0 Å². The van der Waals surface area contributed by atoms with E-state index in [2.05, 4.69) is 41.4 Å². The van der Waals surface area contributed by atoms with Crippen molar-refractivity contribution in [3.8, 4) is 0 Å². The maximum absolute atomic E-state index is 11.7. The van der Waals surface area contributed by atoms with Gasteiger partial charge in [-0.05, 0) is 29.2 Å². The number of quaternary nitrogens is 1. The summed E-state index contributed by atoms with van der Waals surface area (Å²) in [6.07, 6.45) is 2.87. The van der Waals surface area contributed by atoms with Gasteiger partial charge in [-0.15, -0.1) is 0 Å². The van der Waals surface area contributed by atoms with Crippen molar-refractivity contribution in [2.45, 2.75) is 25.7 Å². The van der Waals surface area contributed by atoms with E-state index in [4.69, 9.17) is 4.74 Å². The summed E-state index contributed by atoms with van der Waals surface area (Å²) in [6, 6.07) is 2.97. The Kier molecular flexibility index (Phi) is 7.05. The number of non-ortho nitro benzene ring substituents is 1. The average molecular weight is 380 g/mol. The highest BCUT2D eigenvalue weighted by Gasteiger charge is 2.19. The molecule has 0 aliphatic carbocycles. The standard InChI is InChI=1S/C17H26N5O5/c1-22(2,3)11-12-26-15(23)7-5-4-6-10-18-13-8-9-14(21(24)25)17-16(13)19-27-20-17/h8-9,18H,4-7,10-12H2,1-3H3/q+1. The summed E-state index contributed by atoms with van der Waals surface area (Å²) < 4.78 is 10.6. The number of esters is 1. The van der Waals surface area contributed by atoms with Gasteiger partial charge in [-0.3, -0.25) is 14.9 Å². The van der Waals surface area contributed by atoms with E-state index in [1.165, 1.54) is 6.07 Å². The minimum Gasteiger partial charge on any atom is -0.460 e. The Bertz CT molecular complexity index is 784. The topological polar surface area (TPSA) is 120 Å². The molecule has 0 fully saturated rings. The van der Waals surface area contributed by atoms with E-state index in [1.807, 2.05) is 0 Å². The van der Waals surface area contributed by atoms with E-state index in [9.17, 15) is 14.9 Å². The highest BCUT2D eigenvalue weighted by atomic mass is 16.6. The normalized spacial score (nSPS) is 11.5. The van der Waals surface area contributed by atoms with Crippen molar-refractivity contribution in [1.29, 1.82) is 0 Å². The SMILES string of the molecule is C[N+](C)(C)CCOC(=O)CCCCCNc1ccc([N+](=O)[O-])c2nonc12. The highest BCUT2D eigenvalue weighted by Crippen LogP contribution is 2.28. The number of fused-ring (bicyclic) bond motifs is 1. The Labute approximate surface area is 157 Å². The molecular formula is C17H26N5O5+. The number of carbonyl (C=O) groups is 1. The number of rotatable bonds is 11. The van der Waals surface area contributed by atoms with Crippen molar-refractivity contribution in [2.75, 3.05) is 46.2 Å². The van der Waals surface area contributed by atoms with Gasteiger partial charge in [0.15, 0.2) is 5.52 Å². The summed E-state index contributed by atoms with van der Waals surface area (Å²) in [6.45, 7) is 1.87. The zero-order chi connectivity index (χ0) is 19.9. The molecule has 0 bridgehead atoms. The van der Waals surface area contributed by atoms with Gasteiger partial charge in [0.2, 0.25) is 5.52 Å². The van der Waals surface area contributed by atoms with Crippen LogP contribution < -0.4 is 5.32 Å². The first-order valence-electron chi connectivity index (χ1n) is 8.87. The molecule has 0 spiro atoms. The molecule has 1 heterocycles. The smallest absolute Gasteiger partial charge is 0.305 e. The monoisotopic (exact) mass is 380 g/mol. The molecular weight excluding hydrogens is 354 g/mol. The van der Waals surface area contributed by atoms with Gasteiger partial charge < -0.3 is 14.5 Å². The number of likely N-dealkylation sites (N-methyl/N-ethyl adjacent to an activating group) is 1. The lowest BCUT2D eigenvalue weighted by Crippen LogP contribution is -2.37. The van der Waals surface area contributed by atoms with Crippen LogP contribution in [0.2, 0.25) is 0 Å². The van der Waals surface area contributed by atoms with Crippen molar-refractivity contribution in [3.05, 3.63) is 22.2 Å². The fourth-order valence-corrected chi connectivity index (χ4v) is 2.44. The van der Waals surface area contributed by atoms with Crippen molar-refractivity contribution in [3.63, 3.8) is 0 Å². The van der Waals surface area contributed by atoms with Gasteiger partial charge in [-0.25, -0.2) is 4.63 Å². The van der Waals surface area contributed by atoms with Gasteiger partial charge in [-0.2, -0.15) is 0 Å². The number of benzene rings is 1. The van der Waals surface area contributed by atoms with Crippen LogP contribution in [0, 0.1) is 10.1 Å². The minimum atomic E-state index is -0.518. The fraction of sp³-hybridized carbons (Fsp3) is 0.588. The van der Waals surface area contributed by atoms with Crippen molar-refractivity contribution < 1.29 is 23.6 Å².